The van der Waals surface area contributed by atoms with E-state index in [0.29, 0.717) is 50.1 Å². The van der Waals surface area contributed by atoms with Crippen molar-refractivity contribution >= 4 is 33.6 Å². The van der Waals surface area contributed by atoms with E-state index in [1.165, 1.54) is 0 Å². The molecule has 0 radical (unpaired) electrons. The Morgan fingerprint density at radius 2 is 1.96 bits per heavy atom. The number of hydrogen-bond donors (Lipinski definition) is 2. The molecule has 1 aromatic rings. The molecular weight excluding hydrogens is 400 g/mol. The Balaban J connectivity index is 2.14. The maximum atomic E-state index is 11.7. The smallest absolute Gasteiger partial charge is 0.314 e. The first-order valence-electron chi connectivity index (χ1n) is 7.89. The van der Waals surface area contributed by atoms with Gasteiger partial charge >= 0.3 is 6.03 Å². The van der Waals surface area contributed by atoms with E-state index < -0.39 is 6.29 Å². The molecule has 0 spiro atoms. The summed E-state index contributed by atoms with van der Waals surface area (Å²) in [6.45, 7) is 6.08. The Morgan fingerprint density at radius 1 is 1.25 bits per heavy atom. The summed E-state index contributed by atoms with van der Waals surface area (Å²) in [7, 11) is 0. The highest BCUT2D eigenvalue weighted by Gasteiger charge is 2.09. The van der Waals surface area contributed by atoms with Gasteiger partial charge in [0, 0.05) is 24.2 Å². The van der Waals surface area contributed by atoms with Crippen molar-refractivity contribution in [2.75, 3.05) is 32.9 Å². The van der Waals surface area contributed by atoms with Crippen molar-refractivity contribution in [3.63, 3.8) is 0 Å². The Kier molecular flexibility index (Phi) is 10.8. The molecule has 0 aliphatic rings. The quantitative estimate of drug-likeness (QED) is 0.422. The summed E-state index contributed by atoms with van der Waals surface area (Å²) in [6.07, 6.45) is 0.244. The topological polar surface area (TPSA) is 68.8 Å². The summed E-state index contributed by atoms with van der Waals surface area (Å²) in [5.74, 6) is 0.626. The van der Waals surface area contributed by atoms with Gasteiger partial charge in [-0.1, -0.05) is 27.5 Å². The number of hydrogen-bond acceptors (Lipinski definition) is 4. The van der Waals surface area contributed by atoms with Crippen LogP contribution >= 0.6 is 27.5 Å². The molecule has 1 aromatic carbocycles. The van der Waals surface area contributed by atoms with E-state index in [-0.39, 0.29) is 6.03 Å². The van der Waals surface area contributed by atoms with E-state index in [9.17, 15) is 4.79 Å². The average Bonchev–Trinajstić information content (AvgIpc) is 2.54. The standard InChI is InChI=1S/C16H24BrClN2O4/c1-3-22-15(23-4-2)11-20-16(21)19-8-5-9-24-14-7-6-12(17)10-13(14)18/h6-7,10,15H,3-5,8-9,11H2,1-2H3,(H2,19,20,21). The molecule has 0 atom stereocenters. The molecular formula is C16H24BrClN2O4. The number of carbonyl (C=O) groups is 1. The minimum atomic E-state index is -0.423. The maximum absolute atomic E-state index is 11.7. The molecule has 0 bridgehead atoms. The van der Waals surface area contributed by atoms with Crippen LogP contribution in [0.1, 0.15) is 20.3 Å². The van der Waals surface area contributed by atoms with Gasteiger partial charge in [0.15, 0.2) is 6.29 Å². The number of ether oxygens (including phenoxy) is 3. The molecule has 0 fully saturated rings. The van der Waals surface area contributed by atoms with Gasteiger partial charge in [-0.2, -0.15) is 0 Å². The molecule has 1 rings (SSSR count). The molecule has 0 unspecified atom stereocenters. The summed E-state index contributed by atoms with van der Waals surface area (Å²) in [4.78, 5) is 11.7. The van der Waals surface area contributed by atoms with Crippen LogP contribution in [0.2, 0.25) is 5.02 Å². The van der Waals surface area contributed by atoms with Crippen LogP contribution in [0.5, 0.6) is 5.75 Å². The molecule has 24 heavy (non-hydrogen) atoms. The fraction of sp³-hybridized carbons (Fsp3) is 0.562. The minimum absolute atomic E-state index is 0.263. The Labute approximate surface area is 156 Å². The fourth-order valence-corrected chi connectivity index (χ4v) is 2.55. The van der Waals surface area contributed by atoms with E-state index in [0.717, 1.165) is 4.47 Å². The fourth-order valence-electron chi connectivity index (χ4n) is 1.82. The number of benzene rings is 1. The molecule has 2 N–H and O–H groups in total. The number of urea groups is 1. The Morgan fingerprint density at radius 3 is 2.58 bits per heavy atom. The predicted octanol–water partition coefficient (Wildman–Crippen LogP) is 3.57. The van der Waals surface area contributed by atoms with Crippen LogP contribution in [0.4, 0.5) is 4.79 Å². The Hall–Kier alpha value is -1.02. The zero-order valence-corrected chi connectivity index (χ0v) is 16.3. The first-order valence-corrected chi connectivity index (χ1v) is 9.06. The van der Waals surface area contributed by atoms with Crippen molar-refractivity contribution in [1.29, 1.82) is 0 Å². The van der Waals surface area contributed by atoms with Crippen molar-refractivity contribution in [3.05, 3.63) is 27.7 Å². The zero-order chi connectivity index (χ0) is 17.8. The van der Waals surface area contributed by atoms with Crippen LogP contribution in [0.3, 0.4) is 0 Å². The second kappa shape index (κ2) is 12.4. The van der Waals surface area contributed by atoms with Crippen molar-refractivity contribution in [3.8, 4) is 5.75 Å². The third kappa shape index (κ3) is 8.73. The zero-order valence-electron chi connectivity index (χ0n) is 13.9. The van der Waals surface area contributed by atoms with Gasteiger partial charge in [-0.3, -0.25) is 0 Å². The maximum Gasteiger partial charge on any atom is 0.314 e. The van der Waals surface area contributed by atoms with Crippen molar-refractivity contribution in [2.24, 2.45) is 0 Å². The molecule has 0 aliphatic heterocycles. The van der Waals surface area contributed by atoms with Crippen LogP contribution in [-0.4, -0.2) is 45.2 Å². The summed E-state index contributed by atoms with van der Waals surface area (Å²) in [6, 6.07) is 5.17. The van der Waals surface area contributed by atoms with Gasteiger partial charge in [0.25, 0.3) is 0 Å². The lowest BCUT2D eigenvalue weighted by atomic mass is 10.3. The van der Waals surface area contributed by atoms with Crippen LogP contribution in [0.15, 0.2) is 22.7 Å². The minimum Gasteiger partial charge on any atom is -0.492 e. The number of nitrogens with one attached hydrogen (secondary N) is 2. The SMILES string of the molecule is CCOC(CNC(=O)NCCCOc1ccc(Br)cc1Cl)OCC. The molecule has 0 saturated carbocycles. The number of amides is 2. The molecule has 0 saturated heterocycles. The number of carbonyl (C=O) groups excluding carboxylic acids is 1. The van der Waals surface area contributed by atoms with Gasteiger partial charge in [-0.15, -0.1) is 0 Å². The lowest BCUT2D eigenvalue weighted by molar-refractivity contribution is -0.131. The van der Waals surface area contributed by atoms with Gasteiger partial charge in [-0.05, 0) is 38.5 Å². The van der Waals surface area contributed by atoms with Crippen LogP contribution < -0.4 is 15.4 Å². The normalized spacial score (nSPS) is 10.7. The monoisotopic (exact) mass is 422 g/mol. The highest BCUT2D eigenvalue weighted by Crippen LogP contribution is 2.27. The third-order valence-corrected chi connectivity index (χ3v) is 3.68. The molecule has 8 heteroatoms. The van der Waals surface area contributed by atoms with Gasteiger partial charge < -0.3 is 24.8 Å². The second-order valence-electron chi connectivity index (χ2n) is 4.75. The Bertz CT molecular complexity index is 499. The molecule has 0 aliphatic carbocycles. The largest absolute Gasteiger partial charge is 0.492 e. The summed E-state index contributed by atoms with van der Waals surface area (Å²) in [5.41, 5.74) is 0. The molecule has 0 heterocycles. The van der Waals surface area contributed by atoms with Gasteiger partial charge in [0.2, 0.25) is 0 Å². The van der Waals surface area contributed by atoms with E-state index >= 15 is 0 Å². The van der Waals surface area contributed by atoms with E-state index in [1.54, 1.807) is 12.1 Å². The van der Waals surface area contributed by atoms with Crippen molar-refractivity contribution < 1.29 is 19.0 Å². The molecule has 0 aromatic heterocycles. The molecule has 136 valence electrons. The van der Waals surface area contributed by atoms with Crippen LogP contribution in [-0.2, 0) is 9.47 Å². The van der Waals surface area contributed by atoms with Gasteiger partial charge in [-0.25, -0.2) is 4.79 Å². The predicted molar refractivity (Wildman–Crippen MR) is 97.7 cm³/mol. The van der Waals surface area contributed by atoms with Crippen molar-refractivity contribution in [1.82, 2.24) is 10.6 Å². The second-order valence-corrected chi connectivity index (χ2v) is 6.08. The first kappa shape index (κ1) is 21.0. The highest BCUT2D eigenvalue weighted by atomic mass is 79.9. The van der Waals surface area contributed by atoms with Crippen LogP contribution in [0.25, 0.3) is 0 Å². The highest BCUT2D eigenvalue weighted by molar-refractivity contribution is 9.10. The third-order valence-electron chi connectivity index (χ3n) is 2.89. The summed E-state index contributed by atoms with van der Waals surface area (Å²) in [5, 5.41) is 6.01. The van der Waals surface area contributed by atoms with E-state index in [4.69, 9.17) is 25.8 Å². The van der Waals surface area contributed by atoms with Crippen LogP contribution in [0, 0.1) is 0 Å². The lowest BCUT2D eigenvalue weighted by Gasteiger charge is -2.17. The summed E-state index contributed by atoms with van der Waals surface area (Å²) < 4.78 is 17.2. The van der Waals surface area contributed by atoms with Crippen molar-refractivity contribution in [2.45, 2.75) is 26.6 Å². The first-order chi connectivity index (χ1) is 11.6. The summed E-state index contributed by atoms with van der Waals surface area (Å²) >= 11 is 9.39. The van der Waals surface area contributed by atoms with E-state index in [2.05, 4.69) is 26.6 Å². The average molecular weight is 424 g/mol. The molecule has 2 amide bonds. The van der Waals surface area contributed by atoms with Gasteiger partial charge in [0.05, 0.1) is 18.2 Å². The van der Waals surface area contributed by atoms with Gasteiger partial charge in [0.1, 0.15) is 5.75 Å². The number of rotatable bonds is 11. The number of halogens is 2. The molecule has 6 nitrogen and oxygen atoms in total. The van der Waals surface area contributed by atoms with E-state index in [1.807, 2.05) is 19.9 Å². The lowest BCUT2D eigenvalue weighted by Crippen LogP contribution is -2.41.